The Morgan fingerprint density at radius 1 is 0.880 bits per heavy atom. The van der Waals surface area contributed by atoms with Gasteiger partial charge in [0, 0.05) is 25.2 Å². The summed E-state index contributed by atoms with van der Waals surface area (Å²) in [6, 6.07) is 23.6. The number of amides is 1. The van der Waals surface area contributed by atoms with E-state index in [1.807, 2.05) is 60.7 Å². The molecule has 4 heteroatoms. The van der Waals surface area contributed by atoms with Crippen molar-refractivity contribution in [1.29, 1.82) is 0 Å². The van der Waals surface area contributed by atoms with E-state index in [0.717, 1.165) is 18.0 Å². The molecule has 2 aromatic carbocycles. The lowest BCUT2D eigenvalue weighted by molar-refractivity contribution is -0.116. The van der Waals surface area contributed by atoms with Crippen molar-refractivity contribution in [2.45, 2.75) is 19.5 Å². The highest BCUT2D eigenvalue weighted by Crippen LogP contribution is 2.12. The van der Waals surface area contributed by atoms with Crippen LogP contribution in [0.3, 0.4) is 0 Å². The van der Waals surface area contributed by atoms with Gasteiger partial charge in [-0.3, -0.25) is 9.69 Å². The zero-order valence-electron chi connectivity index (χ0n) is 14.1. The first kappa shape index (κ1) is 17.0. The fourth-order valence-corrected chi connectivity index (χ4v) is 2.68. The van der Waals surface area contributed by atoms with Gasteiger partial charge in [-0.2, -0.15) is 0 Å². The predicted molar refractivity (Wildman–Crippen MR) is 99.0 cm³/mol. The number of rotatable bonds is 8. The zero-order chi connectivity index (χ0) is 17.3. The summed E-state index contributed by atoms with van der Waals surface area (Å²) in [7, 11) is 0. The van der Waals surface area contributed by atoms with Crippen LogP contribution in [0, 0.1) is 0 Å². The number of hydrogen-bond acceptors (Lipinski definition) is 3. The number of anilines is 1. The summed E-state index contributed by atoms with van der Waals surface area (Å²) >= 11 is 0. The Balaban J connectivity index is 1.57. The van der Waals surface area contributed by atoms with Gasteiger partial charge in [0.15, 0.2) is 0 Å². The molecule has 1 heterocycles. The number of para-hydroxylation sites is 1. The lowest BCUT2D eigenvalue weighted by atomic mass is 10.2. The molecular weight excluding hydrogens is 312 g/mol. The summed E-state index contributed by atoms with van der Waals surface area (Å²) < 4.78 is 5.46. The van der Waals surface area contributed by atoms with Gasteiger partial charge in [-0.15, -0.1) is 0 Å². The number of carbonyl (C=O) groups is 1. The molecule has 0 spiro atoms. The fourth-order valence-electron chi connectivity index (χ4n) is 2.68. The van der Waals surface area contributed by atoms with E-state index in [9.17, 15) is 4.79 Å². The molecule has 1 amide bonds. The largest absolute Gasteiger partial charge is 0.468 e. The van der Waals surface area contributed by atoms with E-state index in [1.54, 1.807) is 6.26 Å². The molecule has 0 unspecified atom stereocenters. The van der Waals surface area contributed by atoms with Crippen molar-refractivity contribution in [3.8, 4) is 0 Å². The summed E-state index contributed by atoms with van der Waals surface area (Å²) in [5, 5.41) is 2.93. The molecule has 1 N–H and O–H groups in total. The van der Waals surface area contributed by atoms with Gasteiger partial charge in [-0.25, -0.2) is 0 Å². The molecule has 0 fully saturated rings. The van der Waals surface area contributed by atoms with E-state index in [4.69, 9.17) is 4.42 Å². The second-order valence-corrected chi connectivity index (χ2v) is 5.94. The maximum Gasteiger partial charge on any atom is 0.225 e. The Labute approximate surface area is 148 Å². The molecule has 0 atom stereocenters. The third-order valence-electron chi connectivity index (χ3n) is 3.92. The van der Waals surface area contributed by atoms with Gasteiger partial charge in [-0.1, -0.05) is 48.5 Å². The van der Waals surface area contributed by atoms with Crippen LogP contribution in [0.4, 0.5) is 5.69 Å². The molecule has 0 saturated heterocycles. The van der Waals surface area contributed by atoms with Crippen LogP contribution in [0.1, 0.15) is 17.7 Å². The molecule has 0 radical (unpaired) electrons. The number of nitrogens with one attached hydrogen (secondary N) is 1. The van der Waals surface area contributed by atoms with Gasteiger partial charge in [0.1, 0.15) is 5.76 Å². The van der Waals surface area contributed by atoms with Crippen LogP contribution >= 0.6 is 0 Å². The fraction of sp³-hybridized carbons (Fsp3) is 0.190. The van der Waals surface area contributed by atoms with Crippen LogP contribution < -0.4 is 5.32 Å². The summed E-state index contributed by atoms with van der Waals surface area (Å²) in [6.07, 6.45) is 2.11. The number of carbonyl (C=O) groups excluding carboxylic acids is 1. The molecule has 0 aliphatic rings. The second-order valence-electron chi connectivity index (χ2n) is 5.94. The minimum Gasteiger partial charge on any atom is -0.468 e. The van der Waals surface area contributed by atoms with Crippen LogP contribution in [-0.4, -0.2) is 17.4 Å². The van der Waals surface area contributed by atoms with Gasteiger partial charge in [0.25, 0.3) is 0 Å². The summed E-state index contributed by atoms with van der Waals surface area (Å²) in [5.41, 5.74) is 2.05. The minimum absolute atomic E-state index is 0.0173. The predicted octanol–water partition coefficient (Wildman–Crippen LogP) is 4.31. The Kier molecular flexibility index (Phi) is 6.01. The van der Waals surface area contributed by atoms with E-state index in [2.05, 4.69) is 22.3 Å². The SMILES string of the molecule is O=C(CCN(Cc1ccccc1)Cc1ccco1)Nc1ccccc1. The molecule has 1 aromatic heterocycles. The third-order valence-corrected chi connectivity index (χ3v) is 3.92. The van der Waals surface area contributed by atoms with Crippen molar-refractivity contribution in [3.63, 3.8) is 0 Å². The number of hydrogen-bond donors (Lipinski definition) is 1. The monoisotopic (exact) mass is 334 g/mol. The molecule has 4 nitrogen and oxygen atoms in total. The molecule has 0 bridgehead atoms. The number of nitrogens with zero attached hydrogens (tertiary/aromatic N) is 1. The molecule has 0 aliphatic carbocycles. The number of furan rings is 1. The van der Waals surface area contributed by atoms with E-state index in [-0.39, 0.29) is 5.91 Å². The van der Waals surface area contributed by atoms with Gasteiger partial charge < -0.3 is 9.73 Å². The zero-order valence-corrected chi connectivity index (χ0v) is 14.1. The third kappa shape index (κ3) is 5.62. The average molecular weight is 334 g/mol. The van der Waals surface area contributed by atoms with Crippen LogP contribution in [0.25, 0.3) is 0 Å². The molecule has 0 aliphatic heterocycles. The Hall–Kier alpha value is -2.85. The van der Waals surface area contributed by atoms with Gasteiger partial charge >= 0.3 is 0 Å². The summed E-state index contributed by atoms with van der Waals surface area (Å²) in [4.78, 5) is 14.4. The topological polar surface area (TPSA) is 45.5 Å². The number of benzene rings is 2. The van der Waals surface area contributed by atoms with Crippen molar-refractivity contribution < 1.29 is 9.21 Å². The normalized spacial score (nSPS) is 10.8. The van der Waals surface area contributed by atoms with E-state index >= 15 is 0 Å². The molecule has 3 aromatic rings. The molecular formula is C21H22N2O2. The molecule has 3 rings (SSSR count). The summed E-state index contributed by atoms with van der Waals surface area (Å²) in [6.45, 7) is 2.12. The Morgan fingerprint density at radius 3 is 2.28 bits per heavy atom. The van der Waals surface area contributed by atoms with Crippen molar-refractivity contribution in [2.75, 3.05) is 11.9 Å². The van der Waals surface area contributed by atoms with Crippen LogP contribution in [0.5, 0.6) is 0 Å². The Morgan fingerprint density at radius 2 is 1.60 bits per heavy atom. The highest BCUT2D eigenvalue weighted by atomic mass is 16.3. The first-order valence-electron chi connectivity index (χ1n) is 8.43. The van der Waals surface area contributed by atoms with Gasteiger partial charge in [0.2, 0.25) is 5.91 Å². The standard InChI is InChI=1S/C21H22N2O2/c24-21(22-19-10-5-2-6-11-19)13-14-23(17-20-12-7-15-25-20)16-18-8-3-1-4-9-18/h1-12,15H,13-14,16-17H2,(H,22,24). The van der Waals surface area contributed by atoms with Gasteiger partial charge in [0.05, 0.1) is 12.8 Å². The highest BCUT2D eigenvalue weighted by molar-refractivity contribution is 5.90. The maximum atomic E-state index is 12.2. The van der Waals surface area contributed by atoms with Crippen LogP contribution in [-0.2, 0) is 17.9 Å². The lowest BCUT2D eigenvalue weighted by Gasteiger charge is -2.21. The molecule has 0 saturated carbocycles. The first-order valence-corrected chi connectivity index (χ1v) is 8.43. The van der Waals surface area contributed by atoms with Crippen molar-refractivity contribution in [3.05, 3.63) is 90.4 Å². The summed E-state index contributed by atoms with van der Waals surface area (Å²) in [5.74, 6) is 0.920. The smallest absolute Gasteiger partial charge is 0.225 e. The molecule has 128 valence electrons. The minimum atomic E-state index is 0.0173. The first-order chi connectivity index (χ1) is 12.3. The maximum absolute atomic E-state index is 12.2. The van der Waals surface area contributed by atoms with Crippen LogP contribution in [0.15, 0.2) is 83.5 Å². The van der Waals surface area contributed by atoms with E-state index in [1.165, 1.54) is 5.56 Å². The average Bonchev–Trinajstić information content (AvgIpc) is 3.14. The van der Waals surface area contributed by atoms with Crippen molar-refractivity contribution >= 4 is 11.6 Å². The van der Waals surface area contributed by atoms with Crippen LogP contribution in [0.2, 0.25) is 0 Å². The van der Waals surface area contributed by atoms with Crippen molar-refractivity contribution in [1.82, 2.24) is 4.90 Å². The van der Waals surface area contributed by atoms with Crippen molar-refractivity contribution in [2.24, 2.45) is 0 Å². The lowest BCUT2D eigenvalue weighted by Crippen LogP contribution is -2.27. The van der Waals surface area contributed by atoms with Gasteiger partial charge in [-0.05, 0) is 29.8 Å². The highest BCUT2D eigenvalue weighted by Gasteiger charge is 2.11. The second kappa shape index (κ2) is 8.85. The van der Waals surface area contributed by atoms with E-state index in [0.29, 0.717) is 19.5 Å². The quantitative estimate of drug-likeness (QED) is 0.667. The van der Waals surface area contributed by atoms with E-state index < -0.39 is 0 Å². The Bertz CT molecular complexity index is 755. The molecule has 25 heavy (non-hydrogen) atoms.